The van der Waals surface area contributed by atoms with Crippen molar-refractivity contribution in [2.24, 2.45) is 19.8 Å². The molecule has 1 aromatic carbocycles. The van der Waals surface area contributed by atoms with Gasteiger partial charge in [0.05, 0.1) is 29.5 Å². The van der Waals surface area contributed by atoms with Crippen molar-refractivity contribution >= 4 is 28.5 Å². The van der Waals surface area contributed by atoms with E-state index in [1.807, 2.05) is 31.7 Å². The third-order valence-corrected chi connectivity index (χ3v) is 4.95. The van der Waals surface area contributed by atoms with E-state index in [1.165, 1.54) is 6.26 Å². The maximum Gasteiger partial charge on any atom is 0.291 e. The van der Waals surface area contributed by atoms with Gasteiger partial charge >= 0.3 is 0 Å². The van der Waals surface area contributed by atoms with E-state index in [0.29, 0.717) is 40.6 Å². The van der Waals surface area contributed by atoms with Gasteiger partial charge in [0.25, 0.3) is 11.8 Å². The Kier molecular flexibility index (Phi) is 5.24. The number of aryl methyl sites for hydroxylation is 2. The number of carbonyl (C=O) groups is 2. The Labute approximate surface area is 178 Å². The highest BCUT2D eigenvalue weighted by Gasteiger charge is 2.24. The number of primary amides is 1. The van der Waals surface area contributed by atoms with Gasteiger partial charge in [0.15, 0.2) is 17.3 Å². The lowest BCUT2D eigenvalue weighted by molar-refractivity contribution is 0.0988. The van der Waals surface area contributed by atoms with Crippen LogP contribution >= 0.6 is 0 Å². The molecule has 0 saturated heterocycles. The summed E-state index contributed by atoms with van der Waals surface area (Å²) >= 11 is 0. The molecule has 9 nitrogen and oxygen atoms in total. The van der Waals surface area contributed by atoms with E-state index in [4.69, 9.17) is 19.9 Å². The van der Waals surface area contributed by atoms with E-state index in [1.54, 1.807) is 35.0 Å². The van der Waals surface area contributed by atoms with Crippen LogP contribution in [0.2, 0.25) is 0 Å². The molecule has 0 saturated carbocycles. The van der Waals surface area contributed by atoms with E-state index in [9.17, 15) is 9.59 Å². The summed E-state index contributed by atoms with van der Waals surface area (Å²) < 4.78 is 14.7. The summed E-state index contributed by atoms with van der Waals surface area (Å²) in [6.07, 6.45) is 3.88. The van der Waals surface area contributed by atoms with E-state index >= 15 is 0 Å². The van der Waals surface area contributed by atoms with Crippen molar-refractivity contribution in [3.8, 4) is 17.3 Å². The number of nitrogens with zero attached hydrogens (tertiary/aromatic N) is 3. The molecule has 4 aromatic rings. The molecule has 0 aliphatic rings. The monoisotopic (exact) mass is 421 g/mol. The minimum atomic E-state index is -0.561. The van der Waals surface area contributed by atoms with Crippen LogP contribution in [0.5, 0.6) is 5.75 Å². The van der Waals surface area contributed by atoms with E-state index < -0.39 is 5.91 Å². The van der Waals surface area contributed by atoms with Crippen molar-refractivity contribution in [1.29, 1.82) is 0 Å². The fourth-order valence-electron chi connectivity index (χ4n) is 3.48. The number of carbonyl (C=O) groups excluding carboxylic acids is 2. The summed E-state index contributed by atoms with van der Waals surface area (Å²) in [6, 6.07) is 8.69. The molecule has 3 aromatic heterocycles. The molecule has 3 heterocycles. The number of amides is 2. The minimum Gasteiger partial charge on any atom is -0.490 e. The molecular formula is C22H23N5O4. The van der Waals surface area contributed by atoms with Gasteiger partial charge in [-0.3, -0.25) is 9.59 Å². The van der Waals surface area contributed by atoms with Crippen LogP contribution in [0.25, 0.3) is 22.6 Å². The van der Waals surface area contributed by atoms with Gasteiger partial charge in [0.2, 0.25) is 0 Å². The summed E-state index contributed by atoms with van der Waals surface area (Å²) in [6.45, 7) is 2.43. The van der Waals surface area contributed by atoms with Crippen LogP contribution in [0.1, 0.15) is 34.3 Å². The fraction of sp³-hybridized carbons (Fsp3) is 0.227. The van der Waals surface area contributed by atoms with E-state index in [2.05, 4.69) is 5.32 Å². The van der Waals surface area contributed by atoms with Crippen molar-refractivity contribution < 1.29 is 18.7 Å². The lowest BCUT2D eigenvalue weighted by Crippen LogP contribution is -2.12. The minimum absolute atomic E-state index is 0.224. The van der Waals surface area contributed by atoms with Gasteiger partial charge in [-0.05, 0) is 36.8 Å². The van der Waals surface area contributed by atoms with Gasteiger partial charge in [0.1, 0.15) is 5.69 Å². The van der Waals surface area contributed by atoms with Crippen LogP contribution in [0.3, 0.4) is 0 Å². The van der Waals surface area contributed by atoms with Crippen molar-refractivity contribution in [3.63, 3.8) is 0 Å². The van der Waals surface area contributed by atoms with Crippen molar-refractivity contribution in [1.82, 2.24) is 14.1 Å². The number of hydrogen-bond acceptors (Lipinski definition) is 5. The van der Waals surface area contributed by atoms with Crippen molar-refractivity contribution in [3.05, 3.63) is 54.1 Å². The lowest BCUT2D eigenvalue weighted by atomic mass is 10.2. The Morgan fingerprint density at radius 3 is 2.74 bits per heavy atom. The number of nitrogens with two attached hydrogens (primary N) is 1. The molecule has 160 valence electrons. The molecule has 4 rings (SSSR count). The van der Waals surface area contributed by atoms with Gasteiger partial charge in [-0.2, -0.15) is 0 Å². The number of ether oxygens (including phenoxy) is 1. The zero-order valence-corrected chi connectivity index (χ0v) is 17.5. The van der Waals surface area contributed by atoms with Crippen molar-refractivity contribution in [2.45, 2.75) is 13.3 Å². The molecule has 31 heavy (non-hydrogen) atoms. The zero-order chi connectivity index (χ0) is 22.1. The molecule has 0 aliphatic heterocycles. The summed E-state index contributed by atoms with van der Waals surface area (Å²) in [4.78, 5) is 29.0. The van der Waals surface area contributed by atoms with Crippen LogP contribution in [-0.4, -0.2) is 32.5 Å². The molecule has 3 N–H and O–H groups in total. The first-order chi connectivity index (χ1) is 14.9. The van der Waals surface area contributed by atoms with Gasteiger partial charge in [-0.1, -0.05) is 6.92 Å². The summed E-state index contributed by atoms with van der Waals surface area (Å²) in [5.74, 6) is 0.355. The van der Waals surface area contributed by atoms with Gasteiger partial charge < -0.3 is 29.3 Å². The second kappa shape index (κ2) is 8.02. The quantitative estimate of drug-likeness (QED) is 0.475. The zero-order valence-electron chi connectivity index (χ0n) is 17.5. The average Bonchev–Trinajstić information content (AvgIpc) is 3.45. The van der Waals surface area contributed by atoms with Crippen LogP contribution < -0.4 is 15.8 Å². The Balaban J connectivity index is 1.76. The van der Waals surface area contributed by atoms with Gasteiger partial charge in [0, 0.05) is 26.0 Å². The normalized spacial score (nSPS) is 11.1. The standard InChI is InChI=1S/C22H23N5O4/c1-4-9-31-19-14(20(23)28)12-26(2)18(19)21-25-15-11-13(7-8-16(15)27(21)3)24-22(29)17-6-5-10-30-17/h5-8,10-12H,4,9H2,1-3H3,(H2,23,28)(H,24,29). The topological polar surface area (TPSA) is 117 Å². The Bertz CT molecular complexity index is 1270. The highest BCUT2D eigenvalue weighted by atomic mass is 16.5. The summed E-state index contributed by atoms with van der Waals surface area (Å²) in [5.41, 5.74) is 8.65. The SMILES string of the molecule is CCCOc1c(C(N)=O)cn(C)c1-c1nc2cc(NC(=O)c3ccco3)ccc2n1C. The van der Waals surface area contributed by atoms with Gasteiger partial charge in [-0.25, -0.2) is 4.98 Å². The van der Waals surface area contributed by atoms with Crippen LogP contribution in [0.15, 0.2) is 47.2 Å². The third kappa shape index (κ3) is 3.65. The van der Waals surface area contributed by atoms with Crippen LogP contribution in [0.4, 0.5) is 5.69 Å². The molecule has 0 spiro atoms. The second-order valence-corrected chi connectivity index (χ2v) is 7.17. The number of fused-ring (bicyclic) bond motifs is 1. The number of benzene rings is 1. The highest BCUT2D eigenvalue weighted by molar-refractivity contribution is 6.03. The van der Waals surface area contributed by atoms with Crippen molar-refractivity contribution in [2.75, 3.05) is 11.9 Å². The number of furan rings is 1. The molecule has 0 radical (unpaired) electrons. The summed E-state index contributed by atoms with van der Waals surface area (Å²) in [5, 5.41) is 2.80. The average molecular weight is 421 g/mol. The molecule has 0 bridgehead atoms. The molecular weight excluding hydrogens is 398 g/mol. The predicted molar refractivity (Wildman–Crippen MR) is 116 cm³/mol. The number of imidazole rings is 1. The van der Waals surface area contributed by atoms with Gasteiger partial charge in [-0.15, -0.1) is 0 Å². The number of rotatable bonds is 7. The van der Waals surface area contributed by atoms with E-state index in [0.717, 1.165) is 11.9 Å². The largest absolute Gasteiger partial charge is 0.490 e. The molecule has 0 aliphatic carbocycles. The second-order valence-electron chi connectivity index (χ2n) is 7.17. The molecule has 9 heteroatoms. The highest BCUT2D eigenvalue weighted by Crippen LogP contribution is 2.36. The third-order valence-electron chi connectivity index (χ3n) is 4.95. The number of aromatic nitrogens is 3. The lowest BCUT2D eigenvalue weighted by Gasteiger charge is -2.10. The Morgan fingerprint density at radius 2 is 2.06 bits per heavy atom. The molecule has 0 atom stereocenters. The summed E-state index contributed by atoms with van der Waals surface area (Å²) in [7, 11) is 3.70. The fourth-order valence-corrected chi connectivity index (χ4v) is 3.48. The van der Waals surface area contributed by atoms with Crippen LogP contribution in [0, 0.1) is 0 Å². The first kappa shape index (κ1) is 20.3. The van der Waals surface area contributed by atoms with Crippen LogP contribution in [-0.2, 0) is 14.1 Å². The number of hydrogen-bond donors (Lipinski definition) is 2. The molecule has 0 unspecified atom stereocenters. The smallest absolute Gasteiger partial charge is 0.291 e. The number of anilines is 1. The first-order valence-corrected chi connectivity index (χ1v) is 9.84. The van der Waals surface area contributed by atoms with E-state index in [-0.39, 0.29) is 11.7 Å². The predicted octanol–water partition coefficient (Wildman–Crippen LogP) is 3.31. The first-order valence-electron chi connectivity index (χ1n) is 9.84. The number of nitrogens with one attached hydrogen (secondary N) is 1. The Hall–Kier alpha value is -4.01. The maximum atomic E-state index is 12.3. The Morgan fingerprint density at radius 1 is 1.26 bits per heavy atom. The maximum absolute atomic E-state index is 12.3. The molecule has 0 fully saturated rings. The molecule has 2 amide bonds.